The maximum atomic E-state index is 13.5. The smallest absolute Gasteiger partial charge is 0.301 e. The number of Topliss-reactive ketones (excluding diaryl/α,β-unsaturated/α-hetero) is 1. The molecule has 0 bridgehead atoms. The average Bonchev–Trinajstić information content (AvgIpc) is 3.58. The molecule has 0 spiro atoms. The number of carbonyl (C=O) groups is 2. The largest absolute Gasteiger partial charge is 0.505 e. The second-order valence-electron chi connectivity index (χ2n) is 9.32. The molecule has 1 atom stereocenters. The summed E-state index contributed by atoms with van der Waals surface area (Å²) in [5, 5.41) is 20.7. The number of rotatable bonds is 8. The normalized spacial score (nSPS) is 16.8. The number of amides is 1. The summed E-state index contributed by atoms with van der Waals surface area (Å²) in [5.74, 6) is -1.00. The molecule has 1 aliphatic heterocycles. The van der Waals surface area contributed by atoms with E-state index in [1.54, 1.807) is 32.0 Å². The van der Waals surface area contributed by atoms with Gasteiger partial charge in [0.05, 0.1) is 31.0 Å². The second-order valence-corrected chi connectivity index (χ2v) is 10.5. The van der Waals surface area contributed by atoms with Crippen molar-refractivity contribution in [2.24, 2.45) is 0 Å². The van der Waals surface area contributed by atoms with Crippen LogP contribution in [0.3, 0.4) is 0 Å². The Morgan fingerprint density at radius 1 is 1.13 bits per heavy atom. The molecule has 1 fully saturated rings. The Bertz CT molecular complexity index is 1620. The number of methoxy groups -OCH3 is 1. The lowest BCUT2D eigenvalue weighted by Crippen LogP contribution is -2.29. The van der Waals surface area contributed by atoms with Gasteiger partial charge in [0.15, 0.2) is 17.3 Å². The molecular weight excluding hydrogens is 518 g/mol. The summed E-state index contributed by atoms with van der Waals surface area (Å²) in [6.07, 6.45) is 3.71. The third kappa shape index (κ3) is 4.52. The van der Waals surface area contributed by atoms with E-state index in [0.29, 0.717) is 40.0 Å². The van der Waals surface area contributed by atoms with Gasteiger partial charge in [-0.25, -0.2) is 4.98 Å². The number of nitrogens with zero attached hydrogens (tertiary/aromatic N) is 5. The highest BCUT2D eigenvalue weighted by Gasteiger charge is 2.49. The molecule has 1 aliphatic rings. The SMILES string of the molecule is CCCCOc1ccc(C2/C(=C(\O)c3nc4c(C)cccn4c3C)C(=O)C(=O)N2c2nnc(C)s2)cc1OC. The van der Waals surface area contributed by atoms with E-state index in [2.05, 4.69) is 22.1 Å². The minimum absolute atomic E-state index is 0.0845. The maximum Gasteiger partial charge on any atom is 0.301 e. The number of fused-ring (bicyclic) bond motifs is 1. The van der Waals surface area contributed by atoms with Crippen LogP contribution in [0.5, 0.6) is 11.5 Å². The number of hydrogen-bond donors (Lipinski definition) is 1. The number of aromatic nitrogens is 4. The lowest BCUT2D eigenvalue weighted by Gasteiger charge is -2.23. The number of imidazole rings is 1. The number of pyridine rings is 1. The van der Waals surface area contributed by atoms with Crippen molar-refractivity contribution < 1.29 is 24.2 Å². The van der Waals surface area contributed by atoms with Crippen molar-refractivity contribution in [2.75, 3.05) is 18.6 Å². The van der Waals surface area contributed by atoms with Gasteiger partial charge in [0.25, 0.3) is 5.78 Å². The Kier molecular flexibility index (Phi) is 7.09. The van der Waals surface area contributed by atoms with E-state index in [4.69, 9.17) is 9.47 Å². The van der Waals surface area contributed by atoms with Crippen LogP contribution in [0, 0.1) is 20.8 Å². The Labute approximate surface area is 229 Å². The van der Waals surface area contributed by atoms with Crippen molar-refractivity contribution >= 4 is 39.6 Å². The zero-order valence-electron chi connectivity index (χ0n) is 22.4. The molecule has 0 radical (unpaired) electrons. The van der Waals surface area contributed by atoms with Crippen molar-refractivity contribution in [3.8, 4) is 11.5 Å². The summed E-state index contributed by atoms with van der Waals surface area (Å²) in [6.45, 7) is 8.09. The fourth-order valence-corrected chi connectivity index (χ4v) is 5.42. The van der Waals surface area contributed by atoms with E-state index in [-0.39, 0.29) is 22.2 Å². The van der Waals surface area contributed by atoms with Gasteiger partial charge in [-0.2, -0.15) is 0 Å². The van der Waals surface area contributed by atoms with Crippen molar-refractivity contribution in [1.82, 2.24) is 19.6 Å². The Balaban J connectivity index is 1.71. The van der Waals surface area contributed by atoms with Gasteiger partial charge in [0, 0.05) is 6.20 Å². The maximum absolute atomic E-state index is 13.5. The average molecular weight is 548 g/mol. The third-order valence-electron chi connectivity index (χ3n) is 6.73. The van der Waals surface area contributed by atoms with E-state index >= 15 is 0 Å². The molecular formula is C28H29N5O5S. The van der Waals surface area contributed by atoms with E-state index in [9.17, 15) is 14.7 Å². The molecule has 10 nitrogen and oxygen atoms in total. The first-order valence-corrected chi connectivity index (χ1v) is 13.4. The van der Waals surface area contributed by atoms with Crippen LogP contribution in [0.2, 0.25) is 0 Å². The van der Waals surface area contributed by atoms with E-state index in [0.717, 1.165) is 18.4 Å². The topological polar surface area (TPSA) is 119 Å². The van der Waals surface area contributed by atoms with E-state index < -0.39 is 17.7 Å². The molecule has 1 saturated heterocycles. The molecule has 4 heterocycles. The highest BCUT2D eigenvalue weighted by Crippen LogP contribution is 2.45. The minimum atomic E-state index is -0.985. The van der Waals surface area contributed by atoms with Crippen molar-refractivity contribution in [2.45, 2.75) is 46.6 Å². The third-order valence-corrected chi connectivity index (χ3v) is 7.57. The number of ether oxygens (including phenoxy) is 2. The van der Waals surface area contributed by atoms with Crippen LogP contribution in [0.1, 0.15) is 53.3 Å². The number of carbonyl (C=O) groups excluding carboxylic acids is 2. The lowest BCUT2D eigenvalue weighted by atomic mass is 9.96. The summed E-state index contributed by atoms with van der Waals surface area (Å²) >= 11 is 1.19. The van der Waals surface area contributed by atoms with Crippen LogP contribution in [-0.4, -0.2) is 50.1 Å². The summed E-state index contributed by atoms with van der Waals surface area (Å²) < 4.78 is 13.3. The van der Waals surface area contributed by atoms with Gasteiger partial charge < -0.3 is 19.0 Å². The predicted molar refractivity (Wildman–Crippen MR) is 147 cm³/mol. The van der Waals surface area contributed by atoms with Gasteiger partial charge in [-0.05, 0) is 56.5 Å². The molecule has 1 unspecified atom stereocenters. The number of unbranched alkanes of at least 4 members (excludes halogenated alkanes) is 1. The van der Waals surface area contributed by atoms with Gasteiger partial charge in [0.1, 0.15) is 16.3 Å². The molecule has 39 heavy (non-hydrogen) atoms. The first kappa shape index (κ1) is 26.4. The Morgan fingerprint density at radius 2 is 1.92 bits per heavy atom. The summed E-state index contributed by atoms with van der Waals surface area (Å²) in [7, 11) is 1.53. The minimum Gasteiger partial charge on any atom is -0.505 e. The van der Waals surface area contributed by atoms with Gasteiger partial charge in [-0.3, -0.25) is 14.5 Å². The molecule has 0 saturated carbocycles. The zero-order chi connectivity index (χ0) is 27.8. The summed E-state index contributed by atoms with van der Waals surface area (Å²) in [5.41, 5.74) is 2.88. The first-order chi connectivity index (χ1) is 18.8. The summed E-state index contributed by atoms with van der Waals surface area (Å²) in [6, 6.07) is 8.03. The highest BCUT2D eigenvalue weighted by molar-refractivity contribution is 7.15. The number of aliphatic hydroxyl groups excluding tert-OH is 1. The molecule has 3 aromatic heterocycles. The summed E-state index contributed by atoms with van der Waals surface area (Å²) in [4.78, 5) is 32.9. The molecule has 1 N–H and O–H groups in total. The Morgan fingerprint density at radius 3 is 2.59 bits per heavy atom. The number of ketones is 1. The van der Waals surface area contributed by atoms with Gasteiger partial charge in [-0.1, -0.05) is 36.8 Å². The van der Waals surface area contributed by atoms with Crippen LogP contribution in [0.25, 0.3) is 11.4 Å². The molecule has 0 aliphatic carbocycles. The quantitative estimate of drug-likeness (QED) is 0.143. The van der Waals surface area contributed by atoms with Gasteiger partial charge in [0.2, 0.25) is 5.13 Å². The monoisotopic (exact) mass is 547 g/mol. The van der Waals surface area contributed by atoms with Crippen LogP contribution < -0.4 is 14.4 Å². The molecule has 4 aromatic rings. The lowest BCUT2D eigenvalue weighted by molar-refractivity contribution is -0.132. The van der Waals surface area contributed by atoms with Crippen molar-refractivity contribution in [3.63, 3.8) is 0 Å². The van der Waals surface area contributed by atoms with E-state index in [1.807, 2.05) is 29.7 Å². The zero-order valence-corrected chi connectivity index (χ0v) is 23.2. The first-order valence-electron chi connectivity index (χ1n) is 12.6. The molecule has 1 aromatic carbocycles. The molecule has 11 heteroatoms. The van der Waals surface area contributed by atoms with Crippen molar-refractivity contribution in [3.05, 3.63) is 69.6 Å². The number of aliphatic hydroxyl groups is 1. The molecule has 202 valence electrons. The fraction of sp³-hybridized carbons (Fsp3) is 0.321. The highest BCUT2D eigenvalue weighted by atomic mass is 32.1. The number of aryl methyl sites for hydroxylation is 3. The number of anilines is 1. The fourth-order valence-electron chi connectivity index (χ4n) is 4.70. The molecule has 1 amide bonds. The molecule has 5 rings (SSSR count). The van der Waals surface area contributed by atoms with Crippen LogP contribution in [-0.2, 0) is 9.59 Å². The van der Waals surface area contributed by atoms with Crippen LogP contribution in [0.4, 0.5) is 5.13 Å². The number of benzene rings is 1. The standard InChI is InChI=1S/C28H29N5O5S/c1-6-7-13-38-19-11-10-18(14-20(19)37-5)23-21(25(35)27(36)33(23)28-31-30-17(4)39-28)24(34)22-16(3)32-12-8-9-15(2)26(32)29-22/h8-12,14,23,34H,6-7,13H2,1-5H3/b24-21+. The van der Waals surface area contributed by atoms with Gasteiger partial charge >= 0.3 is 5.91 Å². The predicted octanol–water partition coefficient (Wildman–Crippen LogP) is 4.92. The van der Waals surface area contributed by atoms with E-state index in [1.165, 1.54) is 23.3 Å². The van der Waals surface area contributed by atoms with Crippen molar-refractivity contribution in [1.29, 1.82) is 0 Å². The van der Waals surface area contributed by atoms with Crippen LogP contribution in [0.15, 0.2) is 42.1 Å². The second kappa shape index (κ2) is 10.5. The van der Waals surface area contributed by atoms with Crippen LogP contribution >= 0.6 is 11.3 Å². The Hall–Kier alpha value is -4.25. The van der Waals surface area contributed by atoms with Gasteiger partial charge in [-0.15, -0.1) is 10.2 Å². The number of hydrogen-bond acceptors (Lipinski definition) is 9.